The van der Waals surface area contributed by atoms with Gasteiger partial charge in [0.05, 0.1) is 18.2 Å². The molecule has 2 bridgehead atoms. The lowest BCUT2D eigenvalue weighted by Gasteiger charge is -2.43. The Hall–Kier alpha value is -3.55. The minimum Gasteiger partial charge on any atom is -0.496 e. The third-order valence-electron chi connectivity index (χ3n) is 6.73. The molecule has 1 amide bonds. The first-order chi connectivity index (χ1) is 16.3. The molecule has 34 heavy (non-hydrogen) atoms. The Kier molecular flexibility index (Phi) is 5.46. The van der Waals surface area contributed by atoms with Crippen molar-refractivity contribution in [2.75, 3.05) is 20.2 Å². The molecule has 3 aromatic rings. The molecule has 0 aliphatic carbocycles. The third kappa shape index (κ3) is 3.87. The maximum atomic E-state index is 13.3. The number of halogens is 3. The summed E-state index contributed by atoms with van der Waals surface area (Å²) in [6, 6.07) is 15.4. The Balaban J connectivity index is 1.46. The van der Waals surface area contributed by atoms with Crippen LogP contribution in [-0.2, 0) is 12.7 Å². The SMILES string of the molecule is COc1ccccc1C(=O)N1CC2CC(C1)c1ccc(-c3cccc(C(F)(F)F)c3)c(=O)n1C2. The molecule has 2 aliphatic rings. The lowest BCUT2D eigenvalue weighted by molar-refractivity contribution is -0.137. The van der Waals surface area contributed by atoms with Crippen molar-refractivity contribution in [2.24, 2.45) is 5.92 Å². The van der Waals surface area contributed by atoms with Gasteiger partial charge in [0.1, 0.15) is 5.75 Å². The van der Waals surface area contributed by atoms with Gasteiger partial charge in [-0.3, -0.25) is 9.59 Å². The Morgan fingerprint density at radius 1 is 1.00 bits per heavy atom. The molecule has 5 nitrogen and oxygen atoms in total. The normalized spacial score (nSPS) is 19.5. The van der Waals surface area contributed by atoms with Crippen LogP contribution in [0, 0.1) is 5.92 Å². The van der Waals surface area contributed by atoms with E-state index in [1.54, 1.807) is 28.8 Å². The predicted molar refractivity (Wildman–Crippen MR) is 121 cm³/mol. The van der Waals surface area contributed by atoms with Gasteiger partial charge < -0.3 is 14.2 Å². The second-order valence-electron chi connectivity index (χ2n) is 8.88. The smallest absolute Gasteiger partial charge is 0.416 e. The first-order valence-corrected chi connectivity index (χ1v) is 11.1. The maximum Gasteiger partial charge on any atom is 0.416 e. The van der Waals surface area contributed by atoms with Crippen LogP contribution in [0.5, 0.6) is 5.75 Å². The fraction of sp³-hybridized carbons (Fsp3) is 0.308. The van der Waals surface area contributed by atoms with Gasteiger partial charge in [0.15, 0.2) is 0 Å². The van der Waals surface area contributed by atoms with Crippen LogP contribution >= 0.6 is 0 Å². The number of rotatable bonds is 3. The molecule has 2 atom stereocenters. The fourth-order valence-corrected chi connectivity index (χ4v) is 5.19. The van der Waals surface area contributed by atoms with E-state index in [4.69, 9.17) is 4.74 Å². The number of nitrogens with zero attached hydrogens (tertiary/aromatic N) is 2. The van der Waals surface area contributed by atoms with Gasteiger partial charge in [-0.2, -0.15) is 13.2 Å². The standard InChI is InChI=1S/C26H23F3N2O3/c1-34-23-8-3-2-7-21(23)24(32)30-13-16-11-18(15-30)22-10-9-20(25(33)31(22)14-16)17-5-4-6-19(12-17)26(27,28)29/h2-10,12,16,18H,11,13-15H2,1H3. The van der Waals surface area contributed by atoms with Crippen LogP contribution in [0.15, 0.2) is 65.5 Å². The number of benzene rings is 2. The van der Waals surface area contributed by atoms with E-state index in [-0.39, 0.29) is 34.4 Å². The van der Waals surface area contributed by atoms with Crippen molar-refractivity contribution < 1.29 is 22.7 Å². The van der Waals surface area contributed by atoms with Crippen LogP contribution < -0.4 is 10.3 Å². The molecule has 2 unspecified atom stereocenters. The van der Waals surface area contributed by atoms with E-state index in [9.17, 15) is 22.8 Å². The number of amides is 1. The molecule has 176 valence electrons. The average Bonchev–Trinajstić information content (AvgIpc) is 2.83. The van der Waals surface area contributed by atoms with Crippen molar-refractivity contribution in [1.82, 2.24) is 9.47 Å². The number of carbonyl (C=O) groups is 1. The summed E-state index contributed by atoms with van der Waals surface area (Å²) in [4.78, 5) is 28.3. The second-order valence-corrected chi connectivity index (χ2v) is 8.88. The topological polar surface area (TPSA) is 51.5 Å². The van der Waals surface area contributed by atoms with Gasteiger partial charge in [-0.05, 0) is 54.3 Å². The van der Waals surface area contributed by atoms with Crippen LogP contribution in [0.25, 0.3) is 11.1 Å². The quantitative estimate of drug-likeness (QED) is 0.555. The number of aromatic nitrogens is 1. The van der Waals surface area contributed by atoms with Crippen LogP contribution in [0.4, 0.5) is 13.2 Å². The first-order valence-electron chi connectivity index (χ1n) is 11.1. The number of carbonyl (C=O) groups excluding carboxylic acids is 1. The number of piperidine rings is 1. The lowest BCUT2D eigenvalue weighted by atomic mass is 9.82. The average molecular weight is 468 g/mol. The third-order valence-corrected chi connectivity index (χ3v) is 6.73. The number of methoxy groups -OCH3 is 1. The highest BCUT2D eigenvalue weighted by molar-refractivity contribution is 5.97. The summed E-state index contributed by atoms with van der Waals surface area (Å²) in [6.07, 6.45) is -3.62. The van der Waals surface area contributed by atoms with E-state index in [2.05, 4.69) is 0 Å². The molecule has 5 rings (SSSR count). The predicted octanol–water partition coefficient (Wildman–Crippen LogP) is 4.80. The van der Waals surface area contributed by atoms with Crippen molar-refractivity contribution in [2.45, 2.75) is 25.1 Å². The van der Waals surface area contributed by atoms with Crippen LogP contribution in [0.1, 0.15) is 34.0 Å². The molecule has 8 heteroatoms. The minimum absolute atomic E-state index is 0.0191. The van der Waals surface area contributed by atoms with Gasteiger partial charge in [-0.15, -0.1) is 0 Å². The Labute approximate surface area is 194 Å². The van der Waals surface area contributed by atoms with Crippen LogP contribution in [-0.4, -0.2) is 35.6 Å². The number of para-hydroxylation sites is 1. The number of likely N-dealkylation sites (tertiary alicyclic amines) is 1. The van der Waals surface area contributed by atoms with Crippen molar-refractivity contribution in [3.05, 3.63) is 87.8 Å². The molecule has 0 N–H and O–H groups in total. The summed E-state index contributed by atoms with van der Waals surface area (Å²) in [7, 11) is 1.53. The number of hydrogen-bond acceptors (Lipinski definition) is 3. The van der Waals surface area contributed by atoms with Crippen LogP contribution in [0.3, 0.4) is 0 Å². The van der Waals surface area contributed by atoms with Crippen LogP contribution in [0.2, 0.25) is 0 Å². The zero-order chi connectivity index (χ0) is 24.0. The van der Waals surface area contributed by atoms with Crippen molar-refractivity contribution in [3.8, 4) is 16.9 Å². The molecular weight excluding hydrogens is 445 g/mol. The zero-order valence-electron chi connectivity index (χ0n) is 18.5. The number of ether oxygens (including phenoxy) is 1. The summed E-state index contributed by atoms with van der Waals surface area (Å²) < 4.78 is 46.5. The molecule has 2 aromatic carbocycles. The van der Waals surface area contributed by atoms with Gasteiger partial charge >= 0.3 is 6.18 Å². The second kappa shape index (κ2) is 8.34. The largest absolute Gasteiger partial charge is 0.496 e. The summed E-state index contributed by atoms with van der Waals surface area (Å²) in [6.45, 7) is 1.40. The van der Waals surface area contributed by atoms with E-state index in [1.165, 1.54) is 19.2 Å². The molecule has 3 heterocycles. The number of alkyl halides is 3. The highest BCUT2D eigenvalue weighted by Crippen LogP contribution is 2.37. The summed E-state index contributed by atoms with van der Waals surface area (Å²) in [5.74, 6) is 0.475. The van der Waals surface area contributed by atoms with Crippen molar-refractivity contribution in [3.63, 3.8) is 0 Å². The Bertz CT molecular complexity index is 1320. The van der Waals surface area contributed by atoms with Crippen molar-refractivity contribution >= 4 is 5.91 Å². The maximum absolute atomic E-state index is 13.3. The number of pyridine rings is 1. The van der Waals surface area contributed by atoms with Gasteiger partial charge in [-0.1, -0.05) is 24.3 Å². The van der Waals surface area contributed by atoms with Gasteiger partial charge in [0.2, 0.25) is 0 Å². The van der Waals surface area contributed by atoms with E-state index in [0.29, 0.717) is 30.9 Å². The molecule has 1 saturated heterocycles. The Morgan fingerprint density at radius 3 is 2.56 bits per heavy atom. The zero-order valence-corrected chi connectivity index (χ0v) is 18.5. The van der Waals surface area contributed by atoms with Gasteiger partial charge in [0.25, 0.3) is 11.5 Å². The highest BCUT2D eigenvalue weighted by Gasteiger charge is 2.37. The summed E-state index contributed by atoms with van der Waals surface area (Å²) >= 11 is 0. The van der Waals surface area contributed by atoms with E-state index < -0.39 is 11.7 Å². The van der Waals surface area contributed by atoms with Gasteiger partial charge in [-0.25, -0.2) is 0 Å². The molecule has 1 aromatic heterocycles. The molecule has 0 saturated carbocycles. The summed E-state index contributed by atoms with van der Waals surface area (Å²) in [5.41, 5.74) is 0.734. The molecule has 2 aliphatic heterocycles. The number of hydrogen-bond donors (Lipinski definition) is 0. The highest BCUT2D eigenvalue weighted by atomic mass is 19.4. The lowest BCUT2D eigenvalue weighted by Crippen LogP contribution is -2.49. The van der Waals surface area contributed by atoms with E-state index >= 15 is 0 Å². The fourth-order valence-electron chi connectivity index (χ4n) is 5.19. The first kappa shape index (κ1) is 22.3. The monoisotopic (exact) mass is 468 g/mol. The van der Waals surface area contributed by atoms with Crippen molar-refractivity contribution in [1.29, 1.82) is 0 Å². The van der Waals surface area contributed by atoms with E-state index in [1.807, 2.05) is 17.0 Å². The summed E-state index contributed by atoms with van der Waals surface area (Å²) in [5, 5.41) is 0. The minimum atomic E-state index is -4.48. The Morgan fingerprint density at radius 2 is 1.79 bits per heavy atom. The molecule has 1 fully saturated rings. The van der Waals surface area contributed by atoms with E-state index in [0.717, 1.165) is 24.2 Å². The molecule has 0 radical (unpaired) electrons. The number of fused-ring (bicyclic) bond motifs is 4. The molecule has 0 spiro atoms. The van der Waals surface area contributed by atoms with Gasteiger partial charge in [0, 0.05) is 36.8 Å². The molecular formula is C26H23F3N2O3.